The Bertz CT molecular complexity index is 586. The Morgan fingerprint density at radius 3 is 2.47 bits per heavy atom. The first-order valence-corrected chi connectivity index (χ1v) is 6.43. The Hall–Kier alpha value is -1.81. The van der Waals surface area contributed by atoms with Crippen LogP contribution in [0.1, 0.15) is 17.3 Å². The van der Waals surface area contributed by atoms with Gasteiger partial charge in [-0.25, -0.2) is 4.39 Å². The number of hydrogen-bond acceptors (Lipinski definition) is 2. The van der Waals surface area contributed by atoms with E-state index in [1.807, 2.05) is 37.3 Å². The molecule has 1 amide bonds. The molecule has 0 saturated carbocycles. The predicted octanol–water partition coefficient (Wildman–Crippen LogP) is 3.78. The second kappa shape index (κ2) is 5.89. The molecule has 2 rings (SSSR count). The van der Waals surface area contributed by atoms with Crippen molar-refractivity contribution in [2.24, 2.45) is 0 Å². The number of rotatable bonds is 3. The molecule has 0 spiro atoms. The minimum Gasteiger partial charge on any atom is -0.309 e. The number of amides is 1. The second-order valence-corrected chi connectivity index (χ2v) is 4.53. The van der Waals surface area contributed by atoms with Crippen LogP contribution in [-0.2, 0) is 0 Å². The molecule has 0 bridgehead atoms. The highest BCUT2D eigenvalue weighted by Gasteiger charge is 2.16. The number of hydrogen-bond donors (Lipinski definition) is 1. The third-order valence-corrected chi connectivity index (χ3v) is 3.17. The fourth-order valence-electron chi connectivity index (χ4n) is 1.85. The number of nitrogens with zero attached hydrogens (tertiary/aromatic N) is 1. The zero-order chi connectivity index (χ0) is 13.8. The van der Waals surface area contributed by atoms with Crippen molar-refractivity contribution in [3.05, 3.63) is 59.9 Å². The molecule has 0 saturated heterocycles. The normalized spacial score (nSPS) is 10.3. The molecule has 0 aliphatic carbocycles. The largest absolute Gasteiger partial charge is 0.309 e. The molecule has 0 N–H and O–H groups in total. The maximum Gasteiger partial charge on any atom is 0.258 e. The van der Waals surface area contributed by atoms with Crippen LogP contribution in [0, 0.1) is 5.82 Å². The van der Waals surface area contributed by atoms with Gasteiger partial charge in [0.2, 0.25) is 0 Å². The zero-order valence-corrected chi connectivity index (χ0v) is 11.4. The van der Waals surface area contributed by atoms with Crippen molar-refractivity contribution in [1.29, 1.82) is 0 Å². The Morgan fingerprint density at radius 2 is 1.89 bits per heavy atom. The quantitative estimate of drug-likeness (QED) is 0.845. The van der Waals surface area contributed by atoms with Crippen LogP contribution >= 0.6 is 12.6 Å². The van der Waals surface area contributed by atoms with Gasteiger partial charge in [0, 0.05) is 22.7 Å². The van der Waals surface area contributed by atoms with Gasteiger partial charge >= 0.3 is 0 Å². The molecular formula is C15H14FNOS. The van der Waals surface area contributed by atoms with Gasteiger partial charge in [-0.1, -0.05) is 18.2 Å². The molecule has 2 nitrogen and oxygen atoms in total. The lowest BCUT2D eigenvalue weighted by Gasteiger charge is -2.21. The average molecular weight is 275 g/mol. The zero-order valence-electron chi connectivity index (χ0n) is 10.5. The summed E-state index contributed by atoms with van der Waals surface area (Å²) in [5.74, 6) is -0.591. The second-order valence-electron chi connectivity index (χ2n) is 4.05. The lowest BCUT2D eigenvalue weighted by atomic mass is 10.1. The summed E-state index contributed by atoms with van der Waals surface area (Å²) in [6.45, 7) is 2.44. The summed E-state index contributed by atoms with van der Waals surface area (Å²) in [4.78, 5) is 14.2. The molecule has 2 aromatic rings. The smallest absolute Gasteiger partial charge is 0.258 e. The third kappa shape index (κ3) is 2.96. The van der Waals surface area contributed by atoms with E-state index in [9.17, 15) is 9.18 Å². The highest BCUT2D eigenvalue weighted by molar-refractivity contribution is 7.80. The highest BCUT2D eigenvalue weighted by Crippen LogP contribution is 2.19. The van der Waals surface area contributed by atoms with Crippen molar-refractivity contribution in [3.63, 3.8) is 0 Å². The first-order chi connectivity index (χ1) is 9.13. The highest BCUT2D eigenvalue weighted by atomic mass is 32.1. The van der Waals surface area contributed by atoms with Crippen molar-refractivity contribution in [2.45, 2.75) is 11.8 Å². The molecule has 0 fully saturated rings. The molecule has 0 aliphatic heterocycles. The summed E-state index contributed by atoms with van der Waals surface area (Å²) in [6, 6.07) is 13.6. The molecule has 2 aromatic carbocycles. The molecule has 0 aliphatic rings. The maximum atomic E-state index is 13.2. The van der Waals surface area contributed by atoms with Gasteiger partial charge in [0.25, 0.3) is 5.91 Å². The van der Waals surface area contributed by atoms with Gasteiger partial charge in [0.05, 0.1) is 0 Å². The predicted molar refractivity (Wildman–Crippen MR) is 77.4 cm³/mol. The number of anilines is 1. The summed E-state index contributed by atoms with van der Waals surface area (Å²) in [6.07, 6.45) is 0. The van der Waals surface area contributed by atoms with Crippen molar-refractivity contribution in [3.8, 4) is 0 Å². The molecule has 98 valence electrons. The minimum absolute atomic E-state index is 0.163. The van der Waals surface area contributed by atoms with E-state index < -0.39 is 5.82 Å². The van der Waals surface area contributed by atoms with E-state index >= 15 is 0 Å². The van der Waals surface area contributed by atoms with Gasteiger partial charge in [-0.05, 0) is 37.3 Å². The molecule has 0 unspecified atom stereocenters. The Kier molecular flexibility index (Phi) is 4.22. The van der Waals surface area contributed by atoms with Crippen LogP contribution in [-0.4, -0.2) is 12.5 Å². The van der Waals surface area contributed by atoms with E-state index in [1.54, 1.807) is 4.90 Å². The fraction of sp³-hybridized carbons (Fsp3) is 0.133. The van der Waals surface area contributed by atoms with Crippen LogP contribution < -0.4 is 4.90 Å². The lowest BCUT2D eigenvalue weighted by molar-refractivity contribution is 0.0988. The standard InChI is InChI=1S/C15H14FNOS/c1-2-17(12-6-4-3-5-7-12)15(18)11-8-9-13(16)14(19)10-11/h3-10,19H,2H2,1H3. The van der Waals surface area contributed by atoms with E-state index in [0.29, 0.717) is 12.1 Å². The maximum absolute atomic E-state index is 13.2. The van der Waals surface area contributed by atoms with Crippen LogP contribution in [0.5, 0.6) is 0 Å². The van der Waals surface area contributed by atoms with Gasteiger partial charge < -0.3 is 4.90 Å². The van der Waals surface area contributed by atoms with E-state index in [-0.39, 0.29) is 10.8 Å². The lowest BCUT2D eigenvalue weighted by Crippen LogP contribution is -2.30. The van der Waals surface area contributed by atoms with Crippen molar-refractivity contribution in [2.75, 3.05) is 11.4 Å². The van der Waals surface area contributed by atoms with Crippen LogP contribution in [0.2, 0.25) is 0 Å². The van der Waals surface area contributed by atoms with Gasteiger partial charge in [-0.3, -0.25) is 4.79 Å². The topological polar surface area (TPSA) is 20.3 Å². The van der Waals surface area contributed by atoms with Crippen molar-refractivity contribution < 1.29 is 9.18 Å². The average Bonchev–Trinajstić information content (AvgIpc) is 2.44. The number of benzene rings is 2. The third-order valence-electron chi connectivity index (χ3n) is 2.82. The monoisotopic (exact) mass is 275 g/mol. The van der Waals surface area contributed by atoms with Gasteiger partial charge in [-0.15, -0.1) is 12.6 Å². The SMILES string of the molecule is CCN(C(=O)c1ccc(F)c(S)c1)c1ccccc1. The summed E-state index contributed by atoms with van der Waals surface area (Å²) in [5, 5.41) is 0. The summed E-state index contributed by atoms with van der Waals surface area (Å²) >= 11 is 4.00. The van der Waals surface area contributed by atoms with Crippen LogP contribution in [0.15, 0.2) is 53.4 Å². The molecule has 19 heavy (non-hydrogen) atoms. The van der Waals surface area contributed by atoms with Crippen LogP contribution in [0.4, 0.5) is 10.1 Å². The van der Waals surface area contributed by atoms with Crippen LogP contribution in [0.25, 0.3) is 0 Å². The number of thiol groups is 1. The molecular weight excluding hydrogens is 261 g/mol. The number of carbonyl (C=O) groups excluding carboxylic acids is 1. The summed E-state index contributed by atoms with van der Waals surface area (Å²) < 4.78 is 13.2. The minimum atomic E-state index is -0.428. The molecule has 0 atom stereocenters. The molecule has 0 heterocycles. The summed E-state index contributed by atoms with van der Waals surface area (Å²) in [7, 11) is 0. The van der Waals surface area contributed by atoms with E-state index in [4.69, 9.17) is 0 Å². The Balaban J connectivity index is 2.33. The Morgan fingerprint density at radius 1 is 1.21 bits per heavy atom. The van der Waals surface area contributed by atoms with Crippen LogP contribution in [0.3, 0.4) is 0 Å². The van der Waals surface area contributed by atoms with Crippen molar-refractivity contribution in [1.82, 2.24) is 0 Å². The first-order valence-electron chi connectivity index (χ1n) is 5.99. The molecule has 0 aromatic heterocycles. The van der Waals surface area contributed by atoms with Crippen molar-refractivity contribution >= 4 is 24.2 Å². The number of halogens is 1. The Labute approximate surface area is 117 Å². The number of para-hydroxylation sites is 1. The number of carbonyl (C=O) groups is 1. The van der Waals surface area contributed by atoms with Gasteiger partial charge in [0.15, 0.2) is 0 Å². The van der Waals surface area contributed by atoms with E-state index in [0.717, 1.165) is 5.69 Å². The van der Waals surface area contributed by atoms with E-state index in [1.165, 1.54) is 18.2 Å². The van der Waals surface area contributed by atoms with Gasteiger partial charge in [-0.2, -0.15) is 0 Å². The fourth-order valence-corrected chi connectivity index (χ4v) is 2.07. The molecule has 0 radical (unpaired) electrons. The summed E-state index contributed by atoms with van der Waals surface area (Å²) in [5.41, 5.74) is 1.25. The van der Waals surface area contributed by atoms with E-state index in [2.05, 4.69) is 12.6 Å². The van der Waals surface area contributed by atoms with Gasteiger partial charge in [0.1, 0.15) is 5.82 Å². The first kappa shape index (κ1) is 13.6. The molecule has 4 heteroatoms.